The number of likely N-dealkylation sites (N-methyl/N-ethyl adjacent to an activating group) is 1. The quantitative estimate of drug-likeness (QED) is 0.606. The van der Waals surface area contributed by atoms with E-state index >= 15 is 0 Å². The number of nitrogens with zero attached hydrogens (tertiary/aromatic N) is 5. The van der Waals surface area contributed by atoms with E-state index in [-0.39, 0.29) is 11.9 Å². The zero-order valence-electron chi connectivity index (χ0n) is 20.2. The van der Waals surface area contributed by atoms with E-state index in [1.807, 2.05) is 30.4 Å². The molecule has 1 amide bonds. The highest BCUT2D eigenvalue weighted by Gasteiger charge is 2.36. The normalized spacial score (nSPS) is 20.5. The van der Waals surface area contributed by atoms with Gasteiger partial charge in [-0.2, -0.15) is 0 Å². The lowest BCUT2D eigenvalue weighted by atomic mass is 10.00. The van der Waals surface area contributed by atoms with Crippen LogP contribution in [0.5, 0.6) is 0 Å². The van der Waals surface area contributed by atoms with Gasteiger partial charge in [0.15, 0.2) is 11.6 Å². The summed E-state index contributed by atoms with van der Waals surface area (Å²) in [5, 5.41) is 1.10. The number of fused-ring (bicyclic) bond motifs is 4. The van der Waals surface area contributed by atoms with Crippen molar-refractivity contribution in [3.05, 3.63) is 36.7 Å². The fourth-order valence-corrected chi connectivity index (χ4v) is 5.50. The highest BCUT2D eigenvalue weighted by Crippen LogP contribution is 2.37. The average molecular weight is 477 g/mol. The molecule has 0 radical (unpaired) electrons. The SMILES string of the molecule is CN(CC1CCOCC1)C(=O)CN1C[C@@H]2COCCN2c2nc(-c3cccc4[nH]ccc34)ncc21. The second-order valence-corrected chi connectivity index (χ2v) is 9.78. The molecule has 2 aromatic heterocycles. The summed E-state index contributed by atoms with van der Waals surface area (Å²) in [5.74, 6) is 2.22. The van der Waals surface area contributed by atoms with Crippen molar-refractivity contribution in [3.8, 4) is 11.4 Å². The number of anilines is 2. The van der Waals surface area contributed by atoms with E-state index in [1.54, 1.807) is 0 Å². The summed E-state index contributed by atoms with van der Waals surface area (Å²) in [6.07, 6.45) is 5.86. The predicted octanol–water partition coefficient (Wildman–Crippen LogP) is 2.54. The molecule has 1 N–H and O–H groups in total. The van der Waals surface area contributed by atoms with Crippen molar-refractivity contribution in [3.63, 3.8) is 0 Å². The van der Waals surface area contributed by atoms with Crippen molar-refractivity contribution >= 4 is 28.3 Å². The molecule has 5 heterocycles. The second kappa shape index (κ2) is 9.47. The first-order chi connectivity index (χ1) is 17.2. The minimum atomic E-state index is 0.119. The molecule has 0 unspecified atom stereocenters. The Kier molecular flexibility index (Phi) is 6.03. The fraction of sp³-hybridized carbons (Fsp3) is 0.500. The molecule has 0 aliphatic carbocycles. The van der Waals surface area contributed by atoms with Crippen LogP contribution in [-0.4, -0.2) is 91.5 Å². The average Bonchev–Trinajstić information content (AvgIpc) is 3.38. The maximum atomic E-state index is 13.2. The summed E-state index contributed by atoms with van der Waals surface area (Å²) in [5.41, 5.74) is 2.98. The highest BCUT2D eigenvalue weighted by molar-refractivity contribution is 5.94. The van der Waals surface area contributed by atoms with E-state index in [9.17, 15) is 4.79 Å². The zero-order valence-corrected chi connectivity index (χ0v) is 20.2. The Labute approximate surface area is 205 Å². The number of H-pyrrole nitrogens is 1. The predicted molar refractivity (Wildman–Crippen MR) is 135 cm³/mol. The van der Waals surface area contributed by atoms with Crippen molar-refractivity contribution < 1.29 is 14.3 Å². The number of carbonyl (C=O) groups excluding carboxylic acids is 1. The third-order valence-electron chi connectivity index (χ3n) is 7.48. The number of nitrogens with one attached hydrogen (secondary N) is 1. The number of amides is 1. The van der Waals surface area contributed by atoms with Gasteiger partial charge >= 0.3 is 0 Å². The van der Waals surface area contributed by atoms with Crippen molar-refractivity contribution in [2.75, 3.05) is 69.5 Å². The van der Waals surface area contributed by atoms with Gasteiger partial charge in [0.1, 0.15) is 0 Å². The van der Waals surface area contributed by atoms with Crippen molar-refractivity contribution in [1.82, 2.24) is 19.9 Å². The van der Waals surface area contributed by atoms with Crippen LogP contribution in [0.25, 0.3) is 22.3 Å². The lowest BCUT2D eigenvalue weighted by Gasteiger charge is -2.45. The minimum absolute atomic E-state index is 0.119. The molecule has 3 aliphatic heterocycles. The van der Waals surface area contributed by atoms with E-state index < -0.39 is 0 Å². The van der Waals surface area contributed by atoms with E-state index in [0.29, 0.717) is 31.5 Å². The first-order valence-electron chi connectivity index (χ1n) is 12.5. The van der Waals surface area contributed by atoms with Crippen LogP contribution >= 0.6 is 0 Å². The van der Waals surface area contributed by atoms with Gasteiger partial charge in [-0.25, -0.2) is 9.97 Å². The van der Waals surface area contributed by atoms with Crippen molar-refractivity contribution in [2.45, 2.75) is 18.9 Å². The van der Waals surface area contributed by atoms with Gasteiger partial charge < -0.3 is 29.2 Å². The van der Waals surface area contributed by atoms with E-state index in [1.165, 1.54) is 0 Å². The molecule has 0 spiro atoms. The van der Waals surface area contributed by atoms with Gasteiger partial charge in [-0.15, -0.1) is 0 Å². The van der Waals surface area contributed by atoms with Gasteiger partial charge in [0.25, 0.3) is 0 Å². The molecule has 9 heteroatoms. The number of aromatic nitrogens is 3. The fourth-order valence-electron chi connectivity index (χ4n) is 5.50. The molecule has 9 nitrogen and oxygen atoms in total. The van der Waals surface area contributed by atoms with Gasteiger partial charge in [-0.05, 0) is 30.9 Å². The first kappa shape index (κ1) is 22.3. The third kappa shape index (κ3) is 4.34. The number of carbonyl (C=O) groups is 1. The minimum Gasteiger partial charge on any atom is -0.381 e. The third-order valence-corrected chi connectivity index (χ3v) is 7.48. The number of benzene rings is 1. The Bertz CT molecular complexity index is 1210. The van der Waals surface area contributed by atoms with Crippen LogP contribution < -0.4 is 9.80 Å². The molecule has 35 heavy (non-hydrogen) atoms. The number of aromatic amines is 1. The Morgan fingerprint density at radius 2 is 2.09 bits per heavy atom. The number of morpholine rings is 1. The number of hydrogen-bond donors (Lipinski definition) is 1. The molecule has 1 aromatic carbocycles. The smallest absolute Gasteiger partial charge is 0.241 e. The summed E-state index contributed by atoms with van der Waals surface area (Å²) in [6.45, 7) is 5.49. The van der Waals surface area contributed by atoms with Gasteiger partial charge in [0.05, 0.1) is 37.7 Å². The maximum absolute atomic E-state index is 13.2. The molecule has 0 saturated carbocycles. The van der Waals surface area contributed by atoms with Gasteiger partial charge in [0, 0.05) is 62.6 Å². The molecule has 2 saturated heterocycles. The summed E-state index contributed by atoms with van der Waals surface area (Å²) in [4.78, 5) is 32.6. The van der Waals surface area contributed by atoms with Crippen LogP contribution in [0.4, 0.5) is 11.5 Å². The van der Waals surface area contributed by atoms with Crippen LogP contribution in [0.15, 0.2) is 36.7 Å². The summed E-state index contributed by atoms with van der Waals surface area (Å²) in [7, 11) is 1.91. The molecular weight excluding hydrogens is 444 g/mol. The van der Waals surface area contributed by atoms with Crippen molar-refractivity contribution in [2.24, 2.45) is 5.92 Å². The lowest BCUT2D eigenvalue weighted by molar-refractivity contribution is -0.129. The van der Waals surface area contributed by atoms with Crippen LogP contribution in [-0.2, 0) is 14.3 Å². The number of ether oxygens (including phenoxy) is 2. The summed E-state index contributed by atoms with van der Waals surface area (Å²) >= 11 is 0. The zero-order chi connectivity index (χ0) is 23.8. The monoisotopic (exact) mass is 476 g/mol. The molecule has 0 bridgehead atoms. The second-order valence-electron chi connectivity index (χ2n) is 9.78. The standard InChI is InChI=1S/C26H32N6O3/c1-30(14-18-6-10-34-11-7-18)24(33)16-31-15-19-17-35-12-9-32(19)26-23(31)13-28-25(29-26)21-3-2-4-22-20(21)5-8-27-22/h2-5,8,13,18-19,27H,6-7,9-12,14-17H2,1H3/t19-/m1/s1. The molecular formula is C26H32N6O3. The number of hydrogen-bond acceptors (Lipinski definition) is 7. The molecule has 3 aromatic rings. The van der Waals surface area contributed by atoms with Crippen molar-refractivity contribution in [1.29, 1.82) is 0 Å². The van der Waals surface area contributed by atoms with Gasteiger partial charge in [-0.1, -0.05) is 12.1 Å². The molecule has 184 valence electrons. The topological polar surface area (TPSA) is 86.8 Å². The highest BCUT2D eigenvalue weighted by atomic mass is 16.5. The van der Waals surface area contributed by atoms with Gasteiger partial charge in [0.2, 0.25) is 5.91 Å². The summed E-state index contributed by atoms with van der Waals surface area (Å²) in [6, 6.07) is 8.36. The summed E-state index contributed by atoms with van der Waals surface area (Å²) < 4.78 is 11.3. The molecule has 3 aliphatic rings. The molecule has 6 rings (SSSR count). The molecule has 1 atom stereocenters. The van der Waals surface area contributed by atoms with E-state index in [2.05, 4.69) is 33.0 Å². The lowest BCUT2D eigenvalue weighted by Crippen LogP contribution is -2.57. The number of rotatable bonds is 5. The van der Waals surface area contributed by atoms with E-state index in [4.69, 9.17) is 19.4 Å². The van der Waals surface area contributed by atoms with E-state index in [0.717, 1.165) is 73.7 Å². The Hall–Kier alpha value is -3.17. The molecule has 2 fully saturated rings. The Morgan fingerprint density at radius 3 is 2.97 bits per heavy atom. The largest absolute Gasteiger partial charge is 0.381 e. The van der Waals surface area contributed by atoms with Crippen LogP contribution in [0, 0.1) is 5.92 Å². The first-order valence-corrected chi connectivity index (χ1v) is 12.5. The van der Waals surface area contributed by atoms with Gasteiger partial charge in [-0.3, -0.25) is 4.79 Å². The Morgan fingerprint density at radius 1 is 1.20 bits per heavy atom. The maximum Gasteiger partial charge on any atom is 0.241 e. The van der Waals surface area contributed by atoms with Crippen LogP contribution in [0.3, 0.4) is 0 Å². The van der Waals surface area contributed by atoms with Crippen LogP contribution in [0.1, 0.15) is 12.8 Å². The van der Waals surface area contributed by atoms with Crippen LogP contribution in [0.2, 0.25) is 0 Å². The Balaban J connectivity index is 1.28.